The molecule has 0 radical (unpaired) electrons. The highest BCUT2D eigenvalue weighted by Crippen LogP contribution is 2.36. The Morgan fingerprint density at radius 2 is 1.40 bits per heavy atom. The van der Waals surface area contributed by atoms with Gasteiger partial charge < -0.3 is 10.2 Å². The van der Waals surface area contributed by atoms with Gasteiger partial charge in [-0.1, -0.05) is 32.9 Å². The summed E-state index contributed by atoms with van der Waals surface area (Å²) < 4.78 is 0. The van der Waals surface area contributed by atoms with Crippen LogP contribution in [0.5, 0.6) is 11.5 Å². The molecule has 0 aliphatic heterocycles. The lowest BCUT2D eigenvalue weighted by atomic mass is 9.87. The van der Waals surface area contributed by atoms with Crippen LogP contribution in [-0.2, 0) is 19.3 Å². The highest BCUT2D eigenvalue weighted by molar-refractivity contribution is 5.75. The average molecular weight is 270 g/mol. The number of rotatable bonds is 4. The fourth-order valence-corrected chi connectivity index (χ4v) is 2.87. The van der Waals surface area contributed by atoms with Gasteiger partial charge in [0.05, 0.1) is 0 Å². The molecule has 2 aromatic carbocycles. The molecule has 0 saturated carbocycles. The van der Waals surface area contributed by atoms with E-state index in [1.54, 1.807) is 12.1 Å². The van der Waals surface area contributed by atoms with Crippen LogP contribution >= 0.6 is 0 Å². The highest BCUT2D eigenvalue weighted by Gasteiger charge is 2.16. The SMILES string of the molecule is CCc1cc(O)c(CC)c(CC)c1-c1ccc(O)cc1. The summed E-state index contributed by atoms with van der Waals surface area (Å²) >= 11 is 0. The van der Waals surface area contributed by atoms with E-state index in [1.807, 2.05) is 18.2 Å². The Labute approximate surface area is 120 Å². The van der Waals surface area contributed by atoms with E-state index in [-0.39, 0.29) is 5.75 Å². The zero-order chi connectivity index (χ0) is 14.7. The molecule has 20 heavy (non-hydrogen) atoms. The predicted molar refractivity (Wildman–Crippen MR) is 83.3 cm³/mol. The molecule has 0 heterocycles. The van der Waals surface area contributed by atoms with Gasteiger partial charge in [0.2, 0.25) is 0 Å². The summed E-state index contributed by atoms with van der Waals surface area (Å²) in [7, 11) is 0. The largest absolute Gasteiger partial charge is 0.508 e. The van der Waals surface area contributed by atoms with E-state index in [2.05, 4.69) is 20.8 Å². The van der Waals surface area contributed by atoms with Gasteiger partial charge in [0.1, 0.15) is 11.5 Å². The molecule has 0 unspecified atom stereocenters. The number of aryl methyl sites for hydroxylation is 1. The highest BCUT2D eigenvalue weighted by atomic mass is 16.3. The second-order valence-corrected chi connectivity index (χ2v) is 4.99. The van der Waals surface area contributed by atoms with Gasteiger partial charge in [-0.3, -0.25) is 0 Å². The molecule has 2 aromatic rings. The number of hydrogen-bond donors (Lipinski definition) is 2. The fourth-order valence-electron chi connectivity index (χ4n) is 2.87. The summed E-state index contributed by atoms with van der Waals surface area (Å²) in [6.45, 7) is 6.29. The lowest BCUT2D eigenvalue weighted by molar-refractivity contribution is 0.467. The third-order valence-corrected chi connectivity index (χ3v) is 3.85. The van der Waals surface area contributed by atoms with E-state index in [0.29, 0.717) is 5.75 Å². The zero-order valence-corrected chi connectivity index (χ0v) is 12.4. The first-order chi connectivity index (χ1) is 9.62. The van der Waals surface area contributed by atoms with Crippen molar-refractivity contribution >= 4 is 0 Å². The zero-order valence-electron chi connectivity index (χ0n) is 12.4. The molecule has 0 bridgehead atoms. The maximum Gasteiger partial charge on any atom is 0.119 e. The number of benzene rings is 2. The second kappa shape index (κ2) is 6.00. The Morgan fingerprint density at radius 3 is 1.90 bits per heavy atom. The Bertz CT molecular complexity index is 598. The second-order valence-electron chi connectivity index (χ2n) is 4.99. The summed E-state index contributed by atoms with van der Waals surface area (Å²) in [5.74, 6) is 0.683. The van der Waals surface area contributed by atoms with Crippen molar-refractivity contribution in [2.45, 2.75) is 40.0 Å². The van der Waals surface area contributed by atoms with Gasteiger partial charge >= 0.3 is 0 Å². The van der Waals surface area contributed by atoms with Crippen molar-refractivity contribution in [3.8, 4) is 22.6 Å². The molecule has 106 valence electrons. The van der Waals surface area contributed by atoms with Crippen molar-refractivity contribution < 1.29 is 10.2 Å². The number of phenols is 2. The van der Waals surface area contributed by atoms with Crippen LogP contribution in [0, 0.1) is 0 Å². The van der Waals surface area contributed by atoms with Gasteiger partial charge in [0.15, 0.2) is 0 Å². The number of hydrogen-bond acceptors (Lipinski definition) is 2. The van der Waals surface area contributed by atoms with Crippen LogP contribution in [0.25, 0.3) is 11.1 Å². The Kier molecular flexibility index (Phi) is 4.33. The smallest absolute Gasteiger partial charge is 0.119 e. The van der Waals surface area contributed by atoms with Gasteiger partial charge in [0.25, 0.3) is 0 Å². The summed E-state index contributed by atoms with van der Waals surface area (Å²) in [6.07, 6.45) is 2.59. The molecular weight excluding hydrogens is 248 g/mol. The minimum Gasteiger partial charge on any atom is -0.508 e. The molecule has 0 amide bonds. The van der Waals surface area contributed by atoms with E-state index >= 15 is 0 Å². The Morgan fingerprint density at radius 1 is 0.800 bits per heavy atom. The van der Waals surface area contributed by atoms with Crippen molar-refractivity contribution in [1.82, 2.24) is 0 Å². The average Bonchev–Trinajstić information content (AvgIpc) is 2.47. The molecule has 0 spiro atoms. The lowest BCUT2D eigenvalue weighted by Crippen LogP contribution is -2.00. The first-order valence-electron chi connectivity index (χ1n) is 7.28. The molecule has 0 atom stereocenters. The first-order valence-corrected chi connectivity index (χ1v) is 7.28. The van der Waals surface area contributed by atoms with Crippen LogP contribution < -0.4 is 0 Å². The van der Waals surface area contributed by atoms with Crippen molar-refractivity contribution in [1.29, 1.82) is 0 Å². The fraction of sp³-hybridized carbons (Fsp3) is 0.333. The molecule has 0 aliphatic rings. The van der Waals surface area contributed by atoms with Crippen LogP contribution in [0.15, 0.2) is 30.3 Å². The monoisotopic (exact) mass is 270 g/mol. The molecule has 2 N–H and O–H groups in total. The van der Waals surface area contributed by atoms with E-state index < -0.39 is 0 Å². The van der Waals surface area contributed by atoms with Crippen molar-refractivity contribution in [3.63, 3.8) is 0 Å². The Hall–Kier alpha value is -1.96. The minimum atomic E-state index is 0.277. The molecule has 0 aromatic heterocycles. The van der Waals surface area contributed by atoms with Gasteiger partial charge in [-0.15, -0.1) is 0 Å². The van der Waals surface area contributed by atoms with Gasteiger partial charge in [0, 0.05) is 0 Å². The quantitative estimate of drug-likeness (QED) is 0.861. The van der Waals surface area contributed by atoms with E-state index in [9.17, 15) is 10.2 Å². The predicted octanol–water partition coefficient (Wildman–Crippen LogP) is 4.45. The number of phenolic OH excluding ortho intramolecular Hbond substituents is 2. The van der Waals surface area contributed by atoms with Gasteiger partial charge in [-0.05, 0) is 65.3 Å². The number of aromatic hydroxyl groups is 2. The third kappa shape index (κ3) is 2.51. The Balaban J connectivity index is 2.74. The van der Waals surface area contributed by atoms with Crippen LogP contribution in [-0.4, -0.2) is 10.2 Å². The summed E-state index contributed by atoms with van der Waals surface area (Å²) in [6, 6.07) is 9.21. The molecule has 0 saturated heterocycles. The molecule has 2 heteroatoms. The maximum atomic E-state index is 10.2. The van der Waals surface area contributed by atoms with Crippen LogP contribution in [0.4, 0.5) is 0 Å². The van der Waals surface area contributed by atoms with Crippen LogP contribution in [0.1, 0.15) is 37.5 Å². The normalized spacial score (nSPS) is 10.8. The maximum absolute atomic E-state index is 10.2. The summed E-state index contributed by atoms with van der Waals surface area (Å²) in [5, 5.41) is 19.7. The standard InChI is InChI=1S/C18H22O2/c1-4-12-11-17(20)15(5-2)16(6-3)18(12)13-7-9-14(19)10-8-13/h7-11,19-20H,4-6H2,1-3H3. The molecule has 2 rings (SSSR count). The van der Waals surface area contributed by atoms with Crippen molar-refractivity contribution in [3.05, 3.63) is 47.0 Å². The lowest BCUT2D eigenvalue weighted by Gasteiger charge is -2.19. The van der Waals surface area contributed by atoms with E-state index in [0.717, 1.165) is 36.0 Å². The molecule has 2 nitrogen and oxygen atoms in total. The van der Waals surface area contributed by atoms with Gasteiger partial charge in [-0.2, -0.15) is 0 Å². The van der Waals surface area contributed by atoms with Crippen molar-refractivity contribution in [2.24, 2.45) is 0 Å². The van der Waals surface area contributed by atoms with E-state index in [4.69, 9.17) is 0 Å². The minimum absolute atomic E-state index is 0.277. The van der Waals surface area contributed by atoms with Crippen molar-refractivity contribution in [2.75, 3.05) is 0 Å². The first kappa shape index (κ1) is 14.4. The topological polar surface area (TPSA) is 40.5 Å². The molecular formula is C18H22O2. The summed E-state index contributed by atoms with van der Waals surface area (Å²) in [4.78, 5) is 0. The summed E-state index contributed by atoms with van der Waals surface area (Å²) in [5.41, 5.74) is 5.72. The van der Waals surface area contributed by atoms with Gasteiger partial charge in [-0.25, -0.2) is 0 Å². The molecule has 0 aliphatic carbocycles. The molecule has 0 fully saturated rings. The van der Waals surface area contributed by atoms with Crippen LogP contribution in [0.3, 0.4) is 0 Å². The van der Waals surface area contributed by atoms with E-state index in [1.165, 1.54) is 11.1 Å². The third-order valence-electron chi connectivity index (χ3n) is 3.85. The van der Waals surface area contributed by atoms with Crippen LogP contribution in [0.2, 0.25) is 0 Å².